The molecule has 1 aliphatic rings. The van der Waals surface area contributed by atoms with Crippen LogP contribution in [-0.2, 0) is 22.6 Å². The van der Waals surface area contributed by atoms with E-state index in [9.17, 15) is 14.4 Å². The maximum absolute atomic E-state index is 13.2. The van der Waals surface area contributed by atoms with E-state index in [1.54, 1.807) is 16.7 Å². The van der Waals surface area contributed by atoms with Gasteiger partial charge < -0.3 is 0 Å². The van der Waals surface area contributed by atoms with Crippen molar-refractivity contribution < 1.29 is 9.59 Å². The van der Waals surface area contributed by atoms with Crippen molar-refractivity contribution in [2.24, 2.45) is 0 Å². The van der Waals surface area contributed by atoms with Crippen molar-refractivity contribution in [1.29, 1.82) is 0 Å². The SMILES string of the molecule is O=C(CSc1nc2ccccc2c(=O)n1CCC1=CCCCC1)NC(=O)Cc1ccccc1. The summed E-state index contributed by atoms with van der Waals surface area (Å²) in [4.78, 5) is 42.4. The van der Waals surface area contributed by atoms with Gasteiger partial charge in [0.1, 0.15) is 0 Å². The standard InChI is InChI=1S/C26H27N3O3S/c30-23(17-20-11-5-2-6-12-20)28-24(31)18-33-26-27-22-14-8-7-13-21(22)25(32)29(26)16-15-19-9-3-1-4-10-19/h2,5-9,11-14H,1,3-4,10,15-18H2,(H,28,30,31). The summed E-state index contributed by atoms with van der Waals surface area (Å²) >= 11 is 1.19. The van der Waals surface area contributed by atoms with Gasteiger partial charge >= 0.3 is 0 Å². The van der Waals surface area contributed by atoms with Crippen LogP contribution in [0, 0.1) is 0 Å². The maximum atomic E-state index is 13.2. The molecule has 0 spiro atoms. The molecule has 3 aromatic rings. The molecule has 0 saturated heterocycles. The van der Waals surface area contributed by atoms with E-state index in [1.807, 2.05) is 42.5 Å². The van der Waals surface area contributed by atoms with Gasteiger partial charge in [0.2, 0.25) is 11.8 Å². The van der Waals surface area contributed by atoms with Gasteiger partial charge in [0, 0.05) is 6.54 Å². The molecule has 2 amide bonds. The van der Waals surface area contributed by atoms with E-state index >= 15 is 0 Å². The summed E-state index contributed by atoms with van der Waals surface area (Å²) in [5.74, 6) is -0.738. The second-order valence-corrected chi connectivity index (χ2v) is 9.09. The molecule has 1 aromatic heterocycles. The number of hydrogen-bond donors (Lipinski definition) is 1. The molecule has 0 bridgehead atoms. The van der Waals surface area contributed by atoms with Gasteiger partial charge in [-0.25, -0.2) is 4.98 Å². The fraction of sp³-hybridized carbons (Fsp3) is 0.308. The fourth-order valence-electron chi connectivity index (χ4n) is 3.99. The van der Waals surface area contributed by atoms with E-state index in [-0.39, 0.29) is 23.6 Å². The van der Waals surface area contributed by atoms with Crippen LogP contribution in [0.1, 0.15) is 37.7 Å². The second-order valence-electron chi connectivity index (χ2n) is 8.15. The Morgan fingerprint density at radius 2 is 1.79 bits per heavy atom. The lowest BCUT2D eigenvalue weighted by molar-refractivity contribution is -0.128. The largest absolute Gasteiger partial charge is 0.295 e. The second kappa shape index (κ2) is 11.1. The number of allylic oxidation sites excluding steroid dienone is 2. The highest BCUT2D eigenvalue weighted by Gasteiger charge is 2.15. The van der Waals surface area contributed by atoms with Gasteiger partial charge in [0.25, 0.3) is 5.56 Å². The first kappa shape index (κ1) is 23.0. The van der Waals surface area contributed by atoms with Gasteiger partial charge in [-0.2, -0.15) is 0 Å². The van der Waals surface area contributed by atoms with Crippen molar-refractivity contribution in [1.82, 2.24) is 14.9 Å². The number of imide groups is 1. The van der Waals surface area contributed by atoms with Gasteiger partial charge in [-0.3, -0.25) is 24.3 Å². The van der Waals surface area contributed by atoms with Crippen LogP contribution in [0.25, 0.3) is 10.9 Å². The van der Waals surface area contributed by atoms with Crippen molar-refractivity contribution in [2.45, 2.75) is 50.2 Å². The lowest BCUT2D eigenvalue weighted by Gasteiger charge is -2.16. The summed E-state index contributed by atoms with van der Waals surface area (Å²) in [6.45, 7) is 0.527. The highest BCUT2D eigenvalue weighted by atomic mass is 32.2. The Hall–Kier alpha value is -3.19. The van der Waals surface area contributed by atoms with Gasteiger partial charge in [-0.15, -0.1) is 0 Å². The number of thioether (sulfide) groups is 1. The Morgan fingerprint density at radius 3 is 2.58 bits per heavy atom. The monoisotopic (exact) mass is 461 g/mol. The number of carbonyl (C=O) groups is 2. The van der Waals surface area contributed by atoms with Crippen molar-refractivity contribution in [3.8, 4) is 0 Å². The number of amides is 2. The molecule has 33 heavy (non-hydrogen) atoms. The zero-order valence-corrected chi connectivity index (χ0v) is 19.3. The molecule has 6 nitrogen and oxygen atoms in total. The zero-order chi connectivity index (χ0) is 23.0. The topological polar surface area (TPSA) is 81.1 Å². The summed E-state index contributed by atoms with van der Waals surface area (Å²) in [5.41, 5.74) is 2.73. The molecule has 4 rings (SSSR count). The molecule has 0 unspecified atom stereocenters. The predicted molar refractivity (Wildman–Crippen MR) is 131 cm³/mol. The third-order valence-electron chi connectivity index (χ3n) is 5.69. The van der Waals surface area contributed by atoms with Crippen LogP contribution in [0.2, 0.25) is 0 Å². The number of benzene rings is 2. The minimum absolute atomic E-state index is 0.00794. The van der Waals surface area contributed by atoms with Gasteiger partial charge in [-0.05, 0) is 49.8 Å². The molecule has 1 N–H and O–H groups in total. The van der Waals surface area contributed by atoms with Crippen molar-refractivity contribution in [2.75, 3.05) is 5.75 Å². The number of rotatable bonds is 8. The normalized spacial score (nSPS) is 13.5. The third kappa shape index (κ3) is 6.20. The average Bonchev–Trinajstić information content (AvgIpc) is 2.83. The Bertz CT molecular complexity index is 1230. The number of fused-ring (bicyclic) bond motifs is 1. The highest BCUT2D eigenvalue weighted by Crippen LogP contribution is 2.23. The number of para-hydroxylation sites is 1. The number of aromatic nitrogens is 2. The van der Waals surface area contributed by atoms with Crippen molar-refractivity contribution in [3.63, 3.8) is 0 Å². The minimum Gasteiger partial charge on any atom is -0.295 e. The average molecular weight is 462 g/mol. The Balaban J connectivity index is 1.46. The van der Waals surface area contributed by atoms with E-state index in [0.29, 0.717) is 22.6 Å². The number of hydrogen-bond acceptors (Lipinski definition) is 5. The molecular formula is C26H27N3O3S. The highest BCUT2D eigenvalue weighted by molar-refractivity contribution is 7.99. The summed E-state index contributed by atoms with van der Waals surface area (Å²) in [6.07, 6.45) is 7.81. The smallest absolute Gasteiger partial charge is 0.262 e. The molecule has 7 heteroatoms. The molecule has 0 fully saturated rings. The van der Waals surface area contributed by atoms with E-state index in [2.05, 4.69) is 16.4 Å². The molecule has 0 atom stereocenters. The number of nitrogens with one attached hydrogen (secondary N) is 1. The van der Waals surface area contributed by atoms with E-state index in [1.165, 1.54) is 30.2 Å². The molecule has 170 valence electrons. The summed E-state index contributed by atoms with van der Waals surface area (Å²) in [7, 11) is 0. The molecule has 1 aliphatic carbocycles. The Morgan fingerprint density at radius 1 is 1.00 bits per heavy atom. The van der Waals surface area contributed by atoms with Crippen LogP contribution in [-0.4, -0.2) is 27.1 Å². The molecule has 2 aromatic carbocycles. The lowest BCUT2D eigenvalue weighted by atomic mass is 9.97. The van der Waals surface area contributed by atoms with Crippen LogP contribution in [0.15, 0.2) is 76.2 Å². The van der Waals surface area contributed by atoms with Crippen LogP contribution in [0.5, 0.6) is 0 Å². The van der Waals surface area contributed by atoms with Crippen molar-refractivity contribution >= 4 is 34.5 Å². The summed E-state index contributed by atoms with van der Waals surface area (Å²) in [6, 6.07) is 16.5. The lowest BCUT2D eigenvalue weighted by Crippen LogP contribution is -2.33. The van der Waals surface area contributed by atoms with Crippen LogP contribution in [0.4, 0.5) is 0 Å². The Kier molecular flexibility index (Phi) is 7.73. The molecule has 1 heterocycles. The fourth-order valence-corrected chi connectivity index (χ4v) is 4.81. The summed E-state index contributed by atoms with van der Waals surface area (Å²) < 4.78 is 1.67. The van der Waals surface area contributed by atoms with Crippen LogP contribution in [0.3, 0.4) is 0 Å². The van der Waals surface area contributed by atoms with Crippen molar-refractivity contribution in [3.05, 3.63) is 82.2 Å². The van der Waals surface area contributed by atoms with E-state index in [4.69, 9.17) is 0 Å². The molecule has 0 saturated carbocycles. The third-order valence-corrected chi connectivity index (χ3v) is 6.66. The minimum atomic E-state index is -0.398. The molecule has 0 radical (unpaired) electrons. The number of carbonyl (C=O) groups excluding carboxylic acids is 2. The first-order valence-corrected chi connectivity index (χ1v) is 12.3. The maximum Gasteiger partial charge on any atom is 0.262 e. The molecular weight excluding hydrogens is 434 g/mol. The van der Waals surface area contributed by atoms with Gasteiger partial charge in [0.15, 0.2) is 5.16 Å². The van der Waals surface area contributed by atoms with Gasteiger partial charge in [0.05, 0.1) is 23.1 Å². The van der Waals surface area contributed by atoms with Crippen LogP contribution >= 0.6 is 11.8 Å². The Labute approximate surface area is 197 Å². The van der Waals surface area contributed by atoms with E-state index < -0.39 is 5.91 Å². The number of nitrogens with zero attached hydrogens (tertiary/aromatic N) is 2. The first-order valence-electron chi connectivity index (χ1n) is 11.3. The first-order chi connectivity index (χ1) is 16.1. The predicted octanol–water partition coefficient (Wildman–Crippen LogP) is 4.26. The van der Waals surface area contributed by atoms with E-state index in [0.717, 1.165) is 24.8 Å². The quantitative estimate of drug-likeness (QED) is 0.308. The zero-order valence-electron chi connectivity index (χ0n) is 18.5. The van der Waals surface area contributed by atoms with Gasteiger partial charge in [-0.1, -0.05) is 65.9 Å². The summed E-state index contributed by atoms with van der Waals surface area (Å²) in [5, 5.41) is 3.50. The molecule has 0 aliphatic heterocycles. The van der Waals surface area contributed by atoms with Crippen LogP contribution < -0.4 is 10.9 Å².